The highest BCUT2D eigenvalue weighted by Crippen LogP contribution is 2.23. The van der Waals surface area contributed by atoms with Gasteiger partial charge >= 0.3 is 0 Å². The second kappa shape index (κ2) is 8.66. The van der Waals surface area contributed by atoms with Crippen LogP contribution >= 0.6 is 0 Å². The van der Waals surface area contributed by atoms with Crippen LogP contribution in [-0.4, -0.2) is 47.9 Å². The highest BCUT2D eigenvalue weighted by atomic mass is 16.2. The third kappa shape index (κ3) is 4.38. The van der Waals surface area contributed by atoms with Crippen LogP contribution in [0.4, 0.5) is 0 Å². The van der Waals surface area contributed by atoms with Gasteiger partial charge < -0.3 is 9.80 Å². The molecule has 1 aromatic rings. The Morgan fingerprint density at radius 3 is 2.50 bits per heavy atom. The van der Waals surface area contributed by atoms with Crippen LogP contribution in [0.25, 0.3) is 0 Å². The number of benzene rings is 1. The van der Waals surface area contributed by atoms with Crippen molar-refractivity contribution in [2.75, 3.05) is 26.2 Å². The molecule has 3 rings (SSSR count). The zero-order valence-corrected chi connectivity index (χ0v) is 15.2. The summed E-state index contributed by atoms with van der Waals surface area (Å²) in [5.41, 5.74) is 2.22. The molecule has 0 aliphatic carbocycles. The number of rotatable bonds is 7. The van der Waals surface area contributed by atoms with Crippen molar-refractivity contribution in [2.45, 2.75) is 64.3 Å². The fraction of sp³-hybridized carbons (Fsp3) is 0.667. The molecular weight excluding hydrogens is 296 g/mol. The fourth-order valence-electron chi connectivity index (χ4n) is 4.12. The number of unbranched alkanes of at least 4 members (excludes halogenated alkanes) is 2. The third-order valence-electron chi connectivity index (χ3n) is 5.58. The zero-order chi connectivity index (χ0) is 16.8. The Morgan fingerprint density at radius 1 is 1.04 bits per heavy atom. The van der Waals surface area contributed by atoms with Crippen molar-refractivity contribution < 1.29 is 4.79 Å². The summed E-state index contributed by atoms with van der Waals surface area (Å²) in [6.07, 6.45) is 9.87. The summed E-state index contributed by atoms with van der Waals surface area (Å²) in [5.74, 6) is 0.233. The summed E-state index contributed by atoms with van der Waals surface area (Å²) < 4.78 is 0. The Morgan fingerprint density at radius 2 is 1.79 bits per heavy atom. The zero-order valence-electron chi connectivity index (χ0n) is 15.2. The molecule has 132 valence electrons. The van der Waals surface area contributed by atoms with Gasteiger partial charge in [0, 0.05) is 24.7 Å². The summed E-state index contributed by atoms with van der Waals surface area (Å²) in [7, 11) is 0. The number of nitrogens with zero attached hydrogens (tertiary/aromatic N) is 2. The van der Waals surface area contributed by atoms with Crippen molar-refractivity contribution in [1.82, 2.24) is 9.80 Å². The number of amides is 1. The number of hydrogen-bond donors (Lipinski definition) is 0. The average Bonchev–Trinajstić information content (AvgIpc) is 3.27. The van der Waals surface area contributed by atoms with Gasteiger partial charge in [0.1, 0.15) is 0 Å². The predicted octanol–water partition coefficient (Wildman–Crippen LogP) is 4.12. The first-order valence-corrected chi connectivity index (χ1v) is 9.90. The smallest absolute Gasteiger partial charge is 0.254 e. The van der Waals surface area contributed by atoms with Crippen LogP contribution in [0.3, 0.4) is 0 Å². The van der Waals surface area contributed by atoms with E-state index in [1.807, 2.05) is 12.1 Å². The largest absolute Gasteiger partial charge is 0.334 e. The van der Waals surface area contributed by atoms with Gasteiger partial charge in [0.05, 0.1) is 0 Å². The first kappa shape index (κ1) is 17.5. The van der Waals surface area contributed by atoms with Crippen LogP contribution in [0.1, 0.15) is 67.8 Å². The molecule has 1 aromatic carbocycles. The molecule has 0 aromatic heterocycles. The molecule has 2 aliphatic rings. The van der Waals surface area contributed by atoms with Crippen molar-refractivity contribution in [1.29, 1.82) is 0 Å². The van der Waals surface area contributed by atoms with Gasteiger partial charge in [0.25, 0.3) is 5.91 Å². The van der Waals surface area contributed by atoms with Crippen LogP contribution < -0.4 is 0 Å². The normalized spacial score (nSPS) is 21.5. The van der Waals surface area contributed by atoms with E-state index in [1.54, 1.807) is 0 Å². The second-order valence-corrected chi connectivity index (χ2v) is 7.46. The number of aryl methyl sites for hydroxylation is 1. The van der Waals surface area contributed by atoms with Crippen LogP contribution in [0.2, 0.25) is 0 Å². The van der Waals surface area contributed by atoms with Gasteiger partial charge in [-0.2, -0.15) is 0 Å². The number of likely N-dealkylation sites (tertiary alicyclic amines) is 2. The fourth-order valence-corrected chi connectivity index (χ4v) is 4.12. The van der Waals surface area contributed by atoms with E-state index in [1.165, 1.54) is 50.8 Å². The molecular formula is C21H32N2O. The minimum Gasteiger partial charge on any atom is -0.334 e. The molecule has 3 heteroatoms. The summed E-state index contributed by atoms with van der Waals surface area (Å²) in [4.78, 5) is 17.6. The standard InChI is InChI=1S/C21H32N2O/c1-2-3-4-8-18-10-12-19(13-11-18)21(24)23-16-7-9-20(23)17-22-14-5-6-15-22/h10-13,20H,2-9,14-17H2,1H3/t20-/m0/s1. The molecule has 1 atom stereocenters. The highest BCUT2D eigenvalue weighted by Gasteiger charge is 2.31. The van der Waals surface area contributed by atoms with Gasteiger partial charge in [-0.05, 0) is 69.3 Å². The first-order valence-electron chi connectivity index (χ1n) is 9.90. The predicted molar refractivity (Wildman–Crippen MR) is 99.4 cm³/mol. The molecule has 0 unspecified atom stereocenters. The lowest BCUT2D eigenvalue weighted by atomic mass is 10.0. The molecule has 24 heavy (non-hydrogen) atoms. The van der Waals surface area contributed by atoms with Gasteiger partial charge in [0.2, 0.25) is 0 Å². The molecule has 0 N–H and O–H groups in total. The number of hydrogen-bond acceptors (Lipinski definition) is 2. The molecule has 3 nitrogen and oxygen atoms in total. The topological polar surface area (TPSA) is 23.6 Å². The van der Waals surface area contributed by atoms with Crippen LogP contribution in [-0.2, 0) is 6.42 Å². The quantitative estimate of drug-likeness (QED) is 0.703. The molecule has 0 bridgehead atoms. The average molecular weight is 329 g/mol. The van der Waals surface area contributed by atoms with Crippen molar-refractivity contribution in [2.24, 2.45) is 0 Å². The molecule has 0 radical (unpaired) electrons. The summed E-state index contributed by atoms with van der Waals surface area (Å²) >= 11 is 0. The van der Waals surface area contributed by atoms with Crippen molar-refractivity contribution in [3.8, 4) is 0 Å². The highest BCUT2D eigenvalue weighted by molar-refractivity contribution is 5.94. The van der Waals surface area contributed by atoms with E-state index < -0.39 is 0 Å². The molecule has 2 aliphatic heterocycles. The second-order valence-electron chi connectivity index (χ2n) is 7.46. The van der Waals surface area contributed by atoms with Gasteiger partial charge in [-0.1, -0.05) is 31.9 Å². The Bertz CT molecular complexity index is 519. The minimum atomic E-state index is 0.233. The van der Waals surface area contributed by atoms with E-state index in [0.717, 1.165) is 37.9 Å². The lowest BCUT2D eigenvalue weighted by Gasteiger charge is -2.28. The van der Waals surface area contributed by atoms with E-state index in [2.05, 4.69) is 28.9 Å². The van der Waals surface area contributed by atoms with Crippen molar-refractivity contribution in [3.63, 3.8) is 0 Å². The Hall–Kier alpha value is -1.35. The molecule has 0 saturated carbocycles. The number of carbonyl (C=O) groups is 1. The van der Waals surface area contributed by atoms with E-state index in [-0.39, 0.29) is 5.91 Å². The van der Waals surface area contributed by atoms with E-state index in [0.29, 0.717) is 6.04 Å². The Kier molecular flexibility index (Phi) is 6.30. The maximum absolute atomic E-state index is 12.9. The van der Waals surface area contributed by atoms with E-state index in [4.69, 9.17) is 0 Å². The first-order chi connectivity index (χ1) is 11.8. The van der Waals surface area contributed by atoms with Crippen molar-refractivity contribution in [3.05, 3.63) is 35.4 Å². The van der Waals surface area contributed by atoms with Crippen LogP contribution in [0, 0.1) is 0 Å². The third-order valence-corrected chi connectivity index (χ3v) is 5.58. The maximum Gasteiger partial charge on any atom is 0.254 e. The molecule has 2 saturated heterocycles. The van der Waals surface area contributed by atoms with Crippen molar-refractivity contribution >= 4 is 5.91 Å². The Labute approximate surface area is 147 Å². The maximum atomic E-state index is 12.9. The van der Waals surface area contributed by atoms with Gasteiger partial charge in [0.15, 0.2) is 0 Å². The lowest BCUT2D eigenvalue weighted by molar-refractivity contribution is 0.0709. The van der Waals surface area contributed by atoms with Gasteiger partial charge in [-0.25, -0.2) is 0 Å². The Balaban J connectivity index is 1.57. The summed E-state index contributed by atoms with van der Waals surface area (Å²) in [5, 5.41) is 0. The molecule has 2 fully saturated rings. The van der Waals surface area contributed by atoms with E-state index >= 15 is 0 Å². The molecule has 0 spiro atoms. The molecule has 1 amide bonds. The SMILES string of the molecule is CCCCCc1ccc(C(=O)N2CCC[C@H]2CN2CCCC2)cc1. The van der Waals surface area contributed by atoms with Crippen LogP contribution in [0.5, 0.6) is 0 Å². The van der Waals surface area contributed by atoms with E-state index in [9.17, 15) is 4.79 Å². The van der Waals surface area contributed by atoms with Gasteiger partial charge in [-0.15, -0.1) is 0 Å². The lowest BCUT2D eigenvalue weighted by Crippen LogP contribution is -2.42. The van der Waals surface area contributed by atoms with Gasteiger partial charge in [-0.3, -0.25) is 4.79 Å². The minimum absolute atomic E-state index is 0.233. The number of carbonyl (C=O) groups excluding carboxylic acids is 1. The summed E-state index contributed by atoms with van der Waals surface area (Å²) in [6, 6.07) is 8.78. The summed E-state index contributed by atoms with van der Waals surface area (Å²) in [6.45, 7) is 6.66. The van der Waals surface area contributed by atoms with Crippen LogP contribution in [0.15, 0.2) is 24.3 Å². The molecule has 2 heterocycles. The monoisotopic (exact) mass is 328 g/mol.